The van der Waals surface area contributed by atoms with Gasteiger partial charge in [-0.25, -0.2) is 0 Å². The third-order valence-corrected chi connectivity index (χ3v) is 3.83. The molecular weight excluding hydrogens is 224 g/mol. The van der Waals surface area contributed by atoms with Crippen LogP contribution in [-0.2, 0) is 11.2 Å². The van der Waals surface area contributed by atoms with Gasteiger partial charge in [0.15, 0.2) is 0 Å². The van der Waals surface area contributed by atoms with Gasteiger partial charge in [-0.2, -0.15) is 0 Å². The molecule has 18 heavy (non-hydrogen) atoms. The zero-order chi connectivity index (χ0) is 13.0. The van der Waals surface area contributed by atoms with Gasteiger partial charge in [-0.15, -0.1) is 0 Å². The Balaban J connectivity index is 1.75. The van der Waals surface area contributed by atoms with E-state index in [1.165, 1.54) is 12.0 Å². The topological polar surface area (TPSA) is 38.5 Å². The predicted octanol–water partition coefficient (Wildman–Crippen LogP) is 2.31. The summed E-state index contributed by atoms with van der Waals surface area (Å²) in [6.45, 7) is 4.20. The van der Waals surface area contributed by atoms with E-state index >= 15 is 0 Å². The van der Waals surface area contributed by atoms with Gasteiger partial charge in [-0.1, -0.05) is 12.1 Å². The highest BCUT2D eigenvalue weighted by molar-refractivity contribution is 5.40. The van der Waals surface area contributed by atoms with Crippen molar-refractivity contribution in [3.05, 3.63) is 29.8 Å². The molecule has 1 saturated heterocycles. The van der Waals surface area contributed by atoms with Crippen molar-refractivity contribution < 1.29 is 4.74 Å². The van der Waals surface area contributed by atoms with E-state index in [0.717, 1.165) is 31.7 Å². The first-order chi connectivity index (χ1) is 8.66. The zero-order valence-electron chi connectivity index (χ0n) is 11.4. The van der Waals surface area contributed by atoms with Crippen molar-refractivity contribution in [2.45, 2.75) is 38.3 Å². The molecule has 0 spiro atoms. The number of rotatable bonds is 5. The van der Waals surface area contributed by atoms with Crippen molar-refractivity contribution in [2.24, 2.45) is 0 Å². The first-order valence-electron chi connectivity index (χ1n) is 6.83. The lowest BCUT2D eigenvalue weighted by Gasteiger charge is -2.26. The van der Waals surface area contributed by atoms with E-state index in [1.807, 2.05) is 12.1 Å². The van der Waals surface area contributed by atoms with Gasteiger partial charge in [-0.05, 0) is 57.5 Å². The fraction of sp³-hybridized carbons (Fsp3) is 0.600. The second kappa shape index (κ2) is 6.21. The highest BCUT2D eigenvalue weighted by Crippen LogP contribution is 2.18. The molecule has 0 aromatic heterocycles. The summed E-state index contributed by atoms with van der Waals surface area (Å²) in [5.41, 5.74) is 7.97. The molecule has 1 aliphatic heterocycles. The van der Waals surface area contributed by atoms with E-state index in [1.54, 1.807) is 0 Å². The van der Waals surface area contributed by atoms with Crippen molar-refractivity contribution in [3.8, 4) is 0 Å². The Morgan fingerprint density at radius 2 is 2.28 bits per heavy atom. The quantitative estimate of drug-likeness (QED) is 0.813. The fourth-order valence-electron chi connectivity index (χ4n) is 2.75. The normalized spacial score (nSPS) is 23.7. The molecule has 1 heterocycles. The Kier molecular flexibility index (Phi) is 4.61. The van der Waals surface area contributed by atoms with Gasteiger partial charge in [0.25, 0.3) is 0 Å². The smallest absolute Gasteiger partial charge is 0.0702 e. The summed E-state index contributed by atoms with van der Waals surface area (Å²) in [7, 11) is 2.20. The fourth-order valence-corrected chi connectivity index (χ4v) is 2.75. The zero-order valence-corrected chi connectivity index (χ0v) is 11.4. The number of hydrogen-bond acceptors (Lipinski definition) is 3. The van der Waals surface area contributed by atoms with E-state index in [0.29, 0.717) is 12.1 Å². The van der Waals surface area contributed by atoms with Crippen LogP contribution in [0.5, 0.6) is 0 Å². The van der Waals surface area contributed by atoms with Crippen LogP contribution in [-0.4, -0.2) is 37.2 Å². The van der Waals surface area contributed by atoms with Gasteiger partial charge in [0.1, 0.15) is 0 Å². The summed E-state index contributed by atoms with van der Waals surface area (Å²) in [6.07, 6.45) is 3.80. The first-order valence-corrected chi connectivity index (χ1v) is 6.83. The number of ether oxygens (including phenoxy) is 1. The van der Waals surface area contributed by atoms with Crippen molar-refractivity contribution in [3.63, 3.8) is 0 Å². The van der Waals surface area contributed by atoms with Gasteiger partial charge in [0, 0.05) is 18.3 Å². The molecular formula is C15H24N2O. The lowest BCUT2D eigenvalue weighted by atomic mass is 10.1. The first kappa shape index (κ1) is 13.4. The van der Waals surface area contributed by atoms with Crippen LogP contribution in [0.15, 0.2) is 24.3 Å². The number of aryl methyl sites for hydroxylation is 1. The summed E-state index contributed by atoms with van der Waals surface area (Å²) in [5.74, 6) is 0. The molecule has 2 atom stereocenters. The van der Waals surface area contributed by atoms with Gasteiger partial charge < -0.3 is 15.4 Å². The molecule has 0 radical (unpaired) electrons. The van der Waals surface area contributed by atoms with Crippen LogP contribution in [0, 0.1) is 0 Å². The molecule has 1 aromatic carbocycles. The Morgan fingerprint density at radius 3 is 2.94 bits per heavy atom. The number of nitrogen functional groups attached to an aromatic ring is 1. The van der Waals surface area contributed by atoms with Gasteiger partial charge >= 0.3 is 0 Å². The van der Waals surface area contributed by atoms with E-state index in [-0.39, 0.29) is 0 Å². The third-order valence-electron chi connectivity index (χ3n) is 3.83. The Bertz CT molecular complexity index is 381. The molecule has 3 heteroatoms. The SMILES string of the molecule is CC1OCCC1N(C)CCCc1cccc(N)c1. The standard InChI is InChI=1S/C15H24N2O/c1-12-15(8-10-18-12)17(2)9-4-6-13-5-3-7-14(16)11-13/h3,5,7,11-12,15H,4,6,8-10,16H2,1-2H3. The Labute approximate surface area is 110 Å². The molecule has 0 amide bonds. The molecule has 0 aliphatic carbocycles. The summed E-state index contributed by atoms with van der Waals surface area (Å²) < 4.78 is 5.61. The summed E-state index contributed by atoms with van der Waals surface area (Å²) in [4.78, 5) is 2.43. The second-order valence-corrected chi connectivity index (χ2v) is 5.26. The van der Waals surface area contributed by atoms with Crippen LogP contribution in [0.2, 0.25) is 0 Å². The molecule has 2 N–H and O–H groups in total. The summed E-state index contributed by atoms with van der Waals surface area (Å²) in [5, 5.41) is 0. The van der Waals surface area contributed by atoms with E-state index in [4.69, 9.17) is 10.5 Å². The van der Waals surface area contributed by atoms with Crippen molar-refractivity contribution in [1.82, 2.24) is 4.90 Å². The van der Waals surface area contributed by atoms with Crippen molar-refractivity contribution in [1.29, 1.82) is 0 Å². The number of nitrogens with zero attached hydrogens (tertiary/aromatic N) is 1. The number of nitrogens with two attached hydrogens (primary N) is 1. The molecule has 1 aromatic rings. The molecule has 2 rings (SSSR count). The predicted molar refractivity (Wildman–Crippen MR) is 75.6 cm³/mol. The van der Waals surface area contributed by atoms with E-state index in [9.17, 15) is 0 Å². The maximum Gasteiger partial charge on any atom is 0.0702 e. The number of likely N-dealkylation sites (N-methyl/N-ethyl adjacent to an activating group) is 1. The summed E-state index contributed by atoms with van der Waals surface area (Å²) >= 11 is 0. The van der Waals surface area contributed by atoms with E-state index < -0.39 is 0 Å². The van der Waals surface area contributed by atoms with Crippen LogP contribution >= 0.6 is 0 Å². The molecule has 0 saturated carbocycles. The minimum absolute atomic E-state index is 0.377. The maximum absolute atomic E-state index is 5.78. The maximum atomic E-state index is 5.78. The van der Waals surface area contributed by atoms with Crippen LogP contribution in [0.25, 0.3) is 0 Å². The minimum atomic E-state index is 0.377. The molecule has 1 aliphatic rings. The van der Waals surface area contributed by atoms with Crippen LogP contribution in [0.4, 0.5) is 5.69 Å². The second-order valence-electron chi connectivity index (χ2n) is 5.26. The van der Waals surface area contributed by atoms with Gasteiger partial charge in [0.05, 0.1) is 6.10 Å². The average Bonchev–Trinajstić information content (AvgIpc) is 2.75. The monoisotopic (exact) mass is 248 g/mol. The Morgan fingerprint density at radius 1 is 1.44 bits per heavy atom. The van der Waals surface area contributed by atoms with Crippen LogP contribution in [0.1, 0.15) is 25.3 Å². The lowest BCUT2D eigenvalue weighted by Crippen LogP contribution is -2.37. The molecule has 2 unspecified atom stereocenters. The van der Waals surface area contributed by atoms with Gasteiger partial charge in [0.2, 0.25) is 0 Å². The number of benzene rings is 1. The minimum Gasteiger partial charge on any atom is -0.399 e. The third kappa shape index (κ3) is 3.47. The molecule has 1 fully saturated rings. The molecule has 0 bridgehead atoms. The summed E-state index contributed by atoms with van der Waals surface area (Å²) in [6, 6.07) is 8.78. The van der Waals surface area contributed by atoms with Crippen molar-refractivity contribution in [2.75, 3.05) is 25.9 Å². The Hall–Kier alpha value is -1.06. The van der Waals surface area contributed by atoms with E-state index in [2.05, 4.69) is 31.0 Å². The van der Waals surface area contributed by atoms with Crippen LogP contribution in [0.3, 0.4) is 0 Å². The van der Waals surface area contributed by atoms with Crippen molar-refractivity contribution >= 4 is 5.69 Å². The highest BCUT2D eigenvalue weighted by Gasteiger charge is 2.27. The largest absolute Gasteiger partial charge is 0.399 e. The number of anilines is 1. The van der Waals surface area contributed by atoms with Crippen LogP contribution < -0.4 is 5.73 Å². The van der Waals surface area contributed by atoms with Gasteiger partial charge in [-0.3, -0.25) is 0 Å². The molecule has 3 nitrogen and oxygen atoms in total. The lowest BCUT2D eigenvalue weighted by molar-refractivity contribution is 0.0834. The molecule has 100 valence electrons. The highest BCUT2D eigenvalue weighted by atomic mass is 16.5. The number of hydrogen-bond donors (Lipinski definition) is 1. The average molecular weight is 248 g/mol.